The molecule has 0 aliphatic carbocycles. The highest BCUT2D eigenvalue weighted by molar-refractivity contribution is 4.73. The molecule has 0 fully saturated rings. The molecule has 0 amide bonds. The van der Waals surface area contributed by atoms with Crippen LogP contribution in [0.25, 0.3) is 0 Å². The minimum atomic E-state index is 0.179. The molecule has 0 saturated carbocycles. The van der Waals surface area contributed by atoms with E-state index in [1.807, 2.05) is 0 Å². The maximum atomic E-state index is 9.91. The Balaban J connectivity index is 3.45. The van der Waals surface area contributed by atoms with Crippen molar-refractivity contribution in [1.82, 2.24) is 0 Å². The molecule has 0 heterocycles. The molecule has 1 heteroatoms. The summed E-state index contributed by atoms with van der Waals surface area (Å²) in [6, 6.07) is 0. The van der Waals surface area contributed by atoms with Crippen molar-refractivity contribution >= 4 is 0 Å². The molecule has 0 aromatic carbocycles. The molecule has 0 bridgehead atoms. The van der Waals surface area contributed by atoms with Gasteiger partial charge in [0.1, 0.15) is 0 Å². The predicted octanol–water partition coefficient (Wildman–Crippen LogP) is 10.4. The minimum absolute atomic E-state index is 0.179. The Hall–Kier alpha value is -0.0400. The van der Waals surface area contributed by atoms with Crippen LogP contribution in [0.5, 0.6) is 0 Å². The second-order valence-corrected chi connectivity index (χ2v) is 10.5. The Morgan fingerprint density at radius 2 is 0.633 bits per heavy atom. The van der Waals surface area contributed by atoms with Crippen LogP contribution in [0.15, 0.2) is 0 Å². The first-order valence-corrected chi connectivity index (χ1v) is 14.3. The van der Waals surface area contributed by atoms with Crippen LogP contribution in [0.3, 0.4) is 0 Å². The van der Waals surface area contributed by atoms with Crippen LogP contribution in [-0.4, -0.2) is 11.7 Å². The zero-order valence-corrected chi connectivity index (χ0v) is 21.6. The summed E-state index contributed by atoms with van der Waals surface area (Å²) >= 11 is 0. The maximum Gasteiger partial charge on any atom is 0.0484 e. The van der Waals surface area contributed by atoms with E-state index >= 15 is 0 Å². The average molecular weight is 425 g/mol. The fourth-order valence-corrected chi connectivity index (χ4v) is 4.72. The van der Waals surface area contributed by atoms with Crippen molar-refractivity contribution < 1.29 is 5.11 Å². The lowest BCUT2D eigenvalue weighted by atomic mass is 9.80. The summed E-state index contributed by atoms with van der Waals surface area (Å²) < 4.78 is 0. The van der Waals surface area contributed by atoms with E-state index in [4.69, 9.17) is 0 Å². The van der Waals surface area contributed by atoms with Gasteiger partial charge < -0.3 is 5.11 Å². The molecular weight excluding hydrogens is 364 g/mol. The van der Waals surface area contributed by atoms with Gasteiger partial charge in [0, 0.05) is 6.61 Å². The second-order valence-electron chi connectivity index (χ2n) is 10.5. The standard InChI is InChI=1S/C29H60O/c1-4-6-8-10-12-14-16-17-19-21-23-25-27-29(3,28-30)26-24-22-20-18-15-13-11-9-7-5-2/h30H,4-28H2,1-3H3/t29-/m0/s1. The summed E-state index contributed by atoms with van der Waals surface area (Å²) in [6.45, 7) is 7.28. The molecule has 0 rings (SSSR count). The Labute approximate surface area is 192 Å². The first-order chi connectivity index (χ1) is 14.7. The summed E-state index contributed by atoms with van der Waals surface area (Å²) in [5.41, 5.74) is 0.179. The number of unbranched alkanes of at least 4 members (excludes halogenated alkanes) is 20. The van der Waals surface area contributed by atoms with Crippen molar-refractivity contribution in [3.63, 3.8) is 0 Å². The third-order valence-corrected chi connectivity index (χ3v) is 7.15. The lowest BCUT2D eigenvalue weighted by Gasteiger charge is -2.27. The Morgan fingerprint density at radius 1 is 0.400 bits per heavy atom. The average Bonchev–Trinajstić information content (AvgIpc) is 2.76. The van der Waals surface area contributed by atoms with E-state index in [1.165, 1.54) is 154 Å². The molecule has 0 aromatic rings. The normalized spacial score (nSPS) is 13.6. The zero-order chi connectivity index (χ0) is 22.2. The number of aliphatic hydroxyl groups is 1. The van der Waals surface area contributed by atoms with E-state index in [0.717, 1.165) is 0 Å². The monoisotopic (exact) mass is 424 g/mol. The topological polar surface area (TPSA) is 20.2 Å². The van der Waals surface area contributed by atoms with E-state index in [-0.39, 0.29) is 5.41 Å². The van der Waals surface area contributed by atoms with Crippen molar-refractivity contribution in [1.29, 1.82) is 0 Å². The van der Waals surface area contributed by atoms with Crippen LogP contribution in [0.1, 0.15) is 175 Å². The summed E-state index contributed by atoms with van der Waals surface area (Å²) in [4.78, 5) is 0. The molecular formula is C29H60O. The van der Waals surface area contributed by atoms with Gasteiger partial charge in [-0.15, -0.1) is 0 Å². The molecule has 0 aromatic heterocycles. The first-order valence-electron chi connectivity index (χ1n) is 14.3. The maximum absolute atomic E-state index is 9.91. The van der Waals surface area contributed by atoms with Crippen molar-refractivity contribution in [3.05, 3.63) is 0 Å². The highest BCUT2D eigenvalue weighted by atomic mass is 16.3. The second kappa shape index (κ2) is 23.6. The molecule has 0 aliphatic heterocycles. The van der Waals surface area contributed by atoms with Gasteiger partial charge in [-0.3, -0.25) is 0 Å². The van der Waals surface area contributed by atoms with Crippen molar-refractivity contribution in [2.75, 3.05) is 6.61 Å². The molecule has 1 atom stereocenters. The third kappa shape index (κ3) is 21.2. The van der Waals surface area contributed by atoms with Crippen LogP contribution >= 0.6 is 0 Å². The fraction of sp³-hybridized carbons (Fsp3) is 1.00. The lowest BCUT2D eigenvalue weighted by Crippen LogP contribution is -2.21. The molecule has 1 N–H and O–H groups in total. The number of hydrogen-bond donors (Lipinski definition) is 1. The molecule has 0 spiro atoms. The van der Waals surface area contributed by atoms with Crippen LogP contribution in [0.4, 0.5) is 0 Å². The van der Waals surface area contributed by atoms with Gasteiger partial charge in [-0.2, -0.15) is 0 Å². The van der Waals surface area contributed by atoms with Gasteiger partial charge in [-0.1, -0.05) is 162 Å². The molecule has 30 heavy (non-hydrogen) atoms. The van der Waals surface area contributed by atoms with Gasteiger partial charge in [0.2, 0.25) is 0 Å². The van der Waals surface area contributed by atoms with E-state index in [0.29, 0.717) is 6.61 Å². The summed E-state index contributed by atoms with van der Waals surface area (Å²) in [5, 5.41) is 9.91. The van der Waals surface area contributed by atoms with Crippen LogP contribution in [-0.2, 0) is 0 Å². The van der Waals surface area contributed by atoms with Gasteiger partial charge in [0.25, 0.3) is 0 Å². The third-order valence-electron chi connectivity index (χ3n) is 7.15. The minimum Gasteiger partial charge on any atom is -0.396 e. The quantitative estimate of drug-likeness (QED) is 0.144. The SMILES string of the molecule is CCCCCCCCCCCCCC[C@@](C)(CO)CCCCCCCCCCCC. The molecule has 0 aliphatic rings. The number of rotatable bonds is 25. The number of hydrogen-bond acceptors (Lipinski definition) is 1. The van der Waals surface area contributed by atoms with Crippen molar-refractivity contribution in [2.45, 2.75) is 175 Å². The van der Waals surface area contributed by atoms with Gasteiger partial charge in [0.05, 0.1) is 0 Å². The van der Waals surface area contributed by atoms with Crippen LogP contribution in [0.2, 0.25) is 0 Å². The van der Waals surface area contributed by atoms with E-state index in [9.17, 15) is 5.11 Å². The number of aliphatic hydroxyl groups excluding tert-OH is 1. The van der Waals surface area contributed by atoms with Crippen molar-refractivity contribution in [2.24, 2.45) is 5.41 Å². The predicted molar refractivity (Wildman–Crippen MR) is 137 cm³/mol. The van der Waals surface area contributed by atoms with E-state index in [1.54, 1.807) is 0 Å². The zero-order valence-electron chi connectivity index (χ0n) is 21.6. The molecule has 0 saturated heterocycles. The molecule has 0 radical (unpaired) electrons. The summed E-state index contributed by atoms with van der Waals surface area (Å²) in [7, 11) is 0. The van der Waals surface area contributed by atoms with E-state index < -0.39 is 0 Å². The summed E-state index contributed by atoms with van der Waals surface area (Å²) in [6.07, 6.45) is 33.4. The Bertz CT molecular complexity index is 313. The van der Waals surface area contributed by atoms with Gasteiger partial charge >= 0.3 is 0 Å². The molecule has 182 valence electrons. The molecule has 1 nitrogen and oxygen atoms in total. The largest absolute Gasteiger partial charge is 0.396 e. The van der Waals surface area contributed by atoms with Gasteiger partial charge in [-0.05, 0) is 18.3 Å². The van der Waals surface area contributed by atoms with Gasteiger partial charge in [0.15, 0.2) is 0 Å². The highest BCUT2D eigenvalue weighted by Gasteiger charge is 2.22. The Kier molecular flexibility index (Phi) is 23.6. The highest BCUT2D eigenvalue weighted by Crippen LogP contribution is 2.31. The fourth-order valence-electron chi connectivity index (χ4n) is 4.72. The lowest BCUT2D eigenvalue weighted by molar-refractivity contribution is 0.116. The van der Waals surface area contributed by atoms with Gasteiger partial charge in [-0.25, -0.2) is 0 Å². The van der Waals surface area contributed by atoms with E-state index in [2.05, 4.69) is 20.8 Å². The van der Waals surface area contributed by atoms with Crippen LogP contribution in [0, 0.1) is 5.41 Å². The summed E-state index contributed by atoms with van der Waals surface area (Å²) in [5.74, 6) is 0. The Morgan fingerprint density at radius 3 is 0.867 bits per heavy atom. The first kappa shape index (κ1) is 30.0. The van der Waals surface area contributed by atoms with Crippen molar-refractivity contribution in [3.8, 4) is 0 Å². The molecule has 0 unspecified atom stereocenters. The smallest absolute Gasteiger partial charge is 0.0484 e. The van der Waals surface area contributed by atoms with Crippen LogP contribution < -0.4 is 0 Å².